The number of rotatable bonds is 6. The molecule has 0 radical (unpaired) electrons. The van der Waals surface area contributed by atoms with Gasteiger partial charge in [-0.3, -0.25) is 9.13 Å². The summed E-state index contributed by atoms with van der Waals surface area (Å²) < 4.78 is 4.90. The van der Waals surface area contributed by atoms with E-state index in [-0.39, 0.29) is 0 Å². The highest BCUT2D eigenvalue weighted by atomic mass is 32.2. The van der Waals surface area contributed by atoms with Gasteiger partial charge in [-0.25, -0.2) is 15.0 Å². The van der Waals surface area contributed by atoms with Crippen LogP contribution in [0.5, 0.6) is 0 Å². The van der Waals surface area contributed by atoms with Gasteiger partial charge in [0.15, 0.2) is 17.5 Å². The van der Waals surface area contributed by atoms with Gasteiger partial charge >= 0.3 is 0 Å². The predicted molar refractivity (Wildman–Crippen MR) is 269 cm³/mol. The Morgan fingerprint density at radius 2 is 0.970 bits per heavy atom. The number of benzene rings is 9. The molecule has 12 aromatic rings. The lowest BCUT2D eigenvalue weighted by molar-refractivity contribution is 0.768. The molecule has 6 heteroatoms. The van der Waals surface area contributed by atoms with Crippen molar-refractivity contribution in [3.8, 4) is 56.7 Å². The smallest absolute Gasteiger partial charge is 0.164 e. The van der Waals surface area contributed by atoms with Crippen molar-refractivity contribution in [2.24, 2.45) is 0 Å². The fraction of sp³-hybridized carbons (Fsp3) is 0.0167. The Morgan fingerprint density at radius 1 is 0.394 bits per heavy atom. The van der Waals surface area contributed by atoms with Crippen LogP contribution in [0.1, 0.15) is 22.3 Å². The molecular weight excluding hydrogens is 823 g/mol. The molecule has 308 valence electrons. The summed E-state index contributed by atoms with van der Waals surface area (Å²) in [6, 6.07) is 80.7. The molecule has 0 amide bonds. The fourth-order valence-electron chi connectivity index (χ4n) is 10.9. The zero-order valence-corrected chi connectivity index (χ0v) is 36.3. The molecule has 0 unspecified atom stereocenters. The third kappa shape index (κ3) is 5.27. The Morgan fingerprint density at radius 3 is 1.71 bits per heavy atom. The molecule has 0 saturated carbocycles. The van der Waals surface area contributed by atoms with Crippen molar-refractivity contribution in [2.45, 2.75) is 15.2 Å². The summed E-state index contributed by atoms with van der Waals surface area (Å²) >= 11 is 1.82. The first-order chi connectivity index (χ1) is 32.7. The van der Waals surface area contributed by atoms with Crippen molar-refractivity contribution in [3.63, 3.8) is 0 Å². The molecule has 2 aliphatic rings. The van der Waals surface area contributed by atoms with Gasteiger partial charge in [0, 0.05) is 48.3 Å². The summed E-state index contributed by atoms with van der Waals surface area (Å²) in [7, 11) is 0. The summed E-state index contributed by atoms with van der Waals surface area (Å²) in [4.78, 5) is 18.4. The molecule has 14 rings (SSSR count). The lowest BCUT2D eigenvalue weighted by atomic mass is 9.67. The van der Waals surface area contributed by atoms with Crippen LogP contribution in [0.15, 0.2) is 234 Å². The van der Waals surface area contributed by atoms with E-state index in [2.05, 4.69) is 215 Å². The second-order valence-corrected chi connectivity index (χ2v) is 18.2. The number of aromatic nitrogens is 5. The summed E-state index contributed by atoms with van der Waals surface area (Å²) in [5, 5.41) is 3.73. The molecule has 0 N–H and O–H groups in total. The zero-order chi connectivity index (χ0) is 43.3. The summed E-state index contributed by atoms with van der Waals surface area (Å²) in [6.07, 6.45) is 0. The molecular formula is C60H37N5S. The first-order valence-electron chi connectivity index (χ1n) is 22.4. The maximum Gasteiger partial charge on any atom is 0.164 e. The largest absolute Gasteiger partial charge is 0.295 e. The van der Waals surface area contributed by atoms with Crippen LogP contribution in [0.25, 0.3) is 89.5 Å². The topological polar surface area (TPSA) is 48.5 Å². The van der Waals surface area contributed by atoms with Gasteiger partial charge in [-0.1, -0.05) is 188 Å². The molecule has 0 spiro atoms. The van der Waals surface area contributed by atoms with Crippen molar-refractivity contribution in [3.05, 3.63) is 247 Å². The summed E-state index contributed by atoms with van der Waals surface area (Å²) in [5.74, 6) is 1.87. The van der Waals surface area contributed by atoms with E-state index in [4.69, 9.17) is 15.0 Å². The lowest BCUT2D eigenvalue weighted by Gasteiger charge is -2.34. The van der Waals surface area contributed by atoms with E-state index in [0.717, 1.165) is 33.7 Å². The van der Waals surface area contributed by atoms with Gasteiger partial charge in [-0.05, 0) is 81.9 Å². The Kier molecular flexibility index (Phi) is 8.06. The summed E-state index contributed by atoms with van der Waals surface area (Å²) in [5.41, 5.74) is 15.4. The van der Waals surface area contributed by atoms with Gasteiger partial charge in [0.2, 0.25) is 0 Å². The van der Waals surface area contributed by atoms with E-state index in [1.807, 2.05) is 30.0 Å². The van der Waals surface area contributed by atoms with Crippen molar-refractivity contribution in [2.75, 3.05) is 0 Å². The Hall–Kier alpha value is -8.32. The average molecular weight is 860 g/mol. The highest BCUT2D eigenvalue weighted by Gasteiger charge is 2.46. The number of hydrogen-bond donors (Lipinski definition) is 0. The van der Waals surface area contributed by atoms with E-state index in [1.54, 1.807) is 0 Å². The molecule has 0 atom stereocenters. The Bertz CT molecular complexity index is 3860. The highest BCUT2D eigenvalue weighted by Crippen LogP contribution is 2.57. The number of nitrogens with zero attached hydrogens (tertiary/aromatic N) is 5. The molecule has 1 aliphatic carbocycles. The normalized spacial score (nSPS) is 13.2. The molecule has 9 aromatic carbocycles. The molecule has 0 fully saturated rings. The molecule has 4 heterocycles. The van der Waals surface area contributed by atoms with E-state index in [1.165, 1.54) is 70.4 Å². The van der Waals surface area contributed by atoms with Gasteiger partial charge in [0.25, 0.3) is 0 Å². The average Bonchev–Trinajstić information content (AvgIpc) is 4.02. The predicted octanol–water partition coefficient (Wildman–Crippen LogP) is 14.7. The Balaban J connectivity index is 1.00. The highest BCUT2D eigenvalue weighted by molar-refractivity contribution is 7.99. The molecule has 1 aliphatic heterocycles. The van der Waals surface area contributed by atoms with Crippen LogP contribution in [0, 0.1) is 0 Å². The lowest BCUT2D eigenvalue weighted by Crippen LogP contribution is -2.28. The SMILES string of the molecule is c1ccc(-c2nc(-c3ccc4c(c3)-n3c5c(cccc5c5c6ccccc6n(-c6ccccc6)c53)S4)nc(-c3ccc4c(c3)C(c3ccccc3)(c3ccccc3)c3ccccc3-4)n2)cc1. The zero-order valence-electron chi connectivity index (χ0n) is 35.5. The third-order valence-electron chi connectivity index (χ3n) is 13.6. The molecule has 0 saturated heterocycles. The monoisotopic (exact) mass is 859 g/mol. The molecule has 0 bridgehead atoms. The second-order valence-electron chi connectivity index (χ2n) is 17.1. The van der Waals surface area contributed by atoms with Crippen LogP contribution in [0.4, 0.5) is 0 Å². The minimum Gasteiger partial charge on any atom is -0.295 e. The Labute approximate surface area is 385 Å². The number of para-hydroxylation sites is 3. The second kappa shape index (κ2) is 14.3. The summed E-state index contributed by atoms with van der Waals surface area (Å²) in [6.45, 7) is 0. The van der Waals surface area contributed by atoms with Crippen molar-refractivity contribution in [1.29, 1.82) is 0 Å². The van der Waals surface area contributed by atoms with Gasteiger partial charge in [-0.2, -0.15) is 0 Å². The van der Waals surface area contributed by atoms with Gasteiger partial charge < -0.3 is 0 Å². The van der Waals surface area contributed by atoms with Crippen molar-refractivity contribution in [1.82, 2.24) is 24.1 Å². The number of hydrogen-bond acceptors (Lipinski definition) is 4. The van der Waals surface area contributed by atoms with E-state index < -0.39 is 5.41 Å². The van der Waals surface area contributed by atoms with Crippen LogP contribution in [-0.2, 0) is 5.41 Å². The first kappa shape index (κ1) is 37.1. The molecule has 3 aromatic heterocycles. The van der Waals surface area contributed by atoms with Gasteiger partial charge in [0.1, 0.15) is 5.65 Å². The minimum absolute atomic E-state index is 0.551. The maximum atomic E-state index is 5.42. The van der Waals surface area contributed by atoms with Crippen molar-refractivity contribution < 1.29 is 0 Å². The van der Waals surface area contributed by atoms with E-state index >= 15 is 0 Å². The quantitative estimate of drug-likeness (QED) is 0.167. The number of fused-ring (bicyclic) bond motifs is 10. The third-order valence-corrected chi connectivity index (χ3v) is 14.7. The molecule has 66 heavy (non-hydrogen) atoms. The first-order valence-corrected chi connectivity index (χ1v) is 23.2. The van der Waals surface area contributed by atoms with Crippen LogP contribution < -0.4 is 0 Å². The van der Waals surface area contributed by atoms with Crippen LogP contribution in [0.2, 0.25) is 0 Å². The van der Waals surface area contributed by atoms with E-state index in [0.29, 0.717) is 17.5 Å². The molecule has 5 nitrogen and oxygen atoms in total. The van der Waals surface area contributed by atoms with Crippen LogP contribution in [-0.4, -0.2) is 24.1 Å². The van der Waals surface area contributed by atoms with E-state index in [9.17, 15) is 0 Å². The minimum atomic E-state index is -0.551. The fourth-order valence-corrected chi connectivity index (χ4v) is 12.0. The van der Waals surface area contributed by atoms with Crippen LogP contribution >= 0.6 is 11.8 Å². The standard InChI is InChI=1S/C60H37N5S/c1-5-18-38(19-6-1)56-61-57(39-32-34-45-44-26-13-15-29-48(44)60(49(45)36-39,41-20-7-2-8-21-41)42-22-9-3-10-23-42)63-58(62-56)40-33-35-52-51(37-40)65-55-47(28-17-31-53(55)66-52)54-46-27-14-16-30-50(46)64(59(54)65)43-24-11-4-12-25-43/h1-37H. The van der Waals surface area contributed by atoms with Gasteiger partial charge in [-0.15, -0.1) is 0 Å². The van der Waals surface area contributed by atoms with Crippen LogP contribution in [0.3, 0.4) is 0 Å². The van der Waals surface area contributed by atoms with Crippen molar-refractivity contribution >= 4 is 44.6 Å². The maximum absolute atomic E-state index is 5.42. The van der Waals surface area contributed by atoms with Gasteiger partial charge in [0.05, 0.1) is 22.1 Å².